The van der Waals surface area contributed by atoms with Gasteiger partial charge in [-0.25, -0.2) is 19.2 Å². The van der Waals surface area contributed by atoms with Crippen molar-refractivity contribution in [3.8, 4) is 0 Å². The molecule has 5 unspecified atom stereocenters. The Balaban J connectivity index is 0.000000159. The number of carbonyl (C=O) groups excluding carboxylic acids is 18. The predicted molar refractivity (Wildman–Crippen MR) is 565 cm³/mol. The molecular formula is C107H133BBr3ClN14O24. The van der Waals surface area contributed by atoms with Gasteiger partial charge in [-0.2, -0.15) is 0 Å². The van der Waals surface area contributed by atoms with E-state index in [9.17, 15) is 86.3 Å². The summed E-state index contributed by atoms with van der Waals surface area (Å²) in [4.78, 5) is 224. The van der Waals surface area contributed by atoms with Gasteiger partial charge < -0.3 is 73.6 Å². The molecule has 43 heteroatoms. The van der Waals surface area contributed by atoms with Crippen molar-refractivity contribution in [2.24, 2.45) is 5.73 Å². The van der Waals surface area contributed by atoms with Gasteiger partial charge >= 0.3 is 31.4 Å². The monoisotopic (exact) mass is 2280 g/mol. The van der Waals surface area contributed by atoms with E-state index in [4.69, 9.17) is 29.3 Å². The van der Waals surface area contributed by atoms with Gasteiger partial charge in [0, 0.05) is 134 Å². The zero-order valence-corrected chi connectivity index (χ0v) is 92.6. The van der Waals surface area contributed by atoms with Gasteiger partial charge in [0.2, 0.25) is 59.1 Å². The number of carbonyl (C=O) groups is 18. The summed E-state index contributed by atoms with van der Waals surface area (Å²) in [5.41, 5.74) is 16.6. The highest BCUT2D eigenvalue weighted by Crippen LogP contribution is 2.42. The number of rotatable bonds is 10. The number of halogens is 4. The molecule has 0 aliphatic carbocycles. The third-order valence-corrected chi connectivity index (χ3v) is 29.7. The van der Waals surface area contributed by atoms with Gasteiger partial charge in [0.1, 0.15) is 41.0 Å². The molecule has 17 amide bonds. The quantitative estimate of drug-likeness (QED) is 0.0224. The minimum absolute atomic E-state index is 0. The normalized spacial score (nSPS) is 22.0. The van der Waals surface area contributed by atoms with Crippen LogP contribution in [0.5, 0.6) is 0 Å². The van der Waals surface area contributed by atoms with Crippen molar-refractivity contribution < 1.29 is 115 Å². The summed E-state index contributed by atoms with van der Waals surface area (Å²) in [7, 11) is 1.06. The Kier molecular flexibility index (Phi) is 38.6. The number of nitrogens with zero attached hydrogens (tertiary/aromatic N) is 7. The first-order chi connectivity index (χ1) is 70.2. The maximum Gasteiger partial charge on any atom is 0.490 e. The zero-order chi connectivity index (χ0) is 108. The van der Waals surface area contributed by atoms with Gasteiger partial charge in [0.05, 0.1) is 29.9 Å². The number of alkyl halides is 1. The number of fused-ring (bicyclic) bond motifs is 4. The standard InChI is InChI=1S/C23H29N3O5.C23H27N3O5.C18H21N3O3.C16H28BNO4.C13H11BrN2O3.C9H8Br2O2.C5H8N2O2.ClH/c2*1-23(2,3)31-22(30)25-10-8-14(9-11-25)15-4-5-17-16(12-15)13-26(21(17)29)18-6-7-19(27)24-20(18)28;22-16-4-3-15(17(23)20-16)21-10-13-9-12(1-2-14(13)18(21)24)11-5-7-19-8-6-11;1-14(2,3)20-13(19)18-10-8-12(9-11-18)17-21-15(4,5)16(6,7)22-17;14-8-1-2-9-7(5-8)6-16(13(9)19)10-3-4-11(17)15-12(10)18;1-13-9(12)8-3-2-7(11)4-6(8)5-10;6-3-1-2-4(8)7-5(3)9;/h4-5,12,14,18H,6-11,13H2,1-3H3,(H,24,27,28);4-5,8,12,18H,6-7,9-11,13H2,1-3H3,(H,24,27,28);1-2,9,11,15,19H,3-8,10H2,(H,20,22,23);8H,9-11H2,1-7H3;1-2,5,10H,3-4,6H2,(H,15,17,18);2-4H,5H2,1H3;3H,1-2,6H2,(H,7,8,9);1H. The van der Waals surface area contributed by atoms with E-state index >= 15 is 0 Å². The third kappa shape index (κ3) is 29.5. The molecule has 0 saturated carbocycles. The molecular weight excluding hydrogens is 2150 g/mol. The zero-order valence-electron chi connectivity index (χ0n) is 87.0. The maximum atomic E-state index is 12.8. The number of likely N-dealkylation sites (tertiary alicyclic amines) is 1. The highest BCUT2D eigenvalue weighted by Gasteiger charge is 2.53. The Labute approximate surface area is 904 Å². The van der Waals surface area contributed by atoms with Crippen LogP contribution in [-0.2, 0) is 108 Å². The molecule has 0 bridgehead atoms. The van der Waals surface area contributed by atoms with Crippen molar-refractivity contribution >= 4 is 180 Å². The molecule has 8 N–H and O–H groups in total. The number of piperidine rings is 7. The molecule has 38 nitrogen and oxygen atoms in total. The van der Waals surface area contributed by atoms with Gasteiger partial charge in [0.25, 0.3) is 23.6 Å². The van der Waals surface area contributed by atoms with Gasteiger partial charge in [-0.3, -0.25) is 93.7 Å². The fourth-order valence-electron chi connectivity index (χ4n) is 19.4. The van der Waals surface area contributed by atoms with Crippen LogP contribution in [0.2, 0.25) is 0 Å². The molecule has 5 aromatic rings. The van der Waals surface area contributed by atoms with E-state index < -0.39 is 58.8 Å². The number of nitrogens with two attached hydrogens (primary N) is 1. The van der Waals surface area contributed by atoms with Crippen LogP contribution in [0.15, 0.2) is 118 Å². The van der Waals surface area contributed by atoms with E-state index in [-0.39, 0.29) is 152 Å². The largest absolute Gasteiger partial charge is 0.490 e. The summed E-state index contributed by atoms with van der Waals surface area (Å²) in [6.45, 7) is 32.1. The summed E-state index contributed by atoms with van der Waals surface area (Å²) in [6, 6.07) is 25.8. The Hall–Kier alpha value is -11.9. The molecule has 150 heavy (non-hydrogen) atoms. The number of amides is 17. The number of nitrogens with one attached hydrogen (secondary N) is 6. The van der Waals surface area contributed by atoms with Crippen molar-refractivity contribution in [2.45, 2.75) is 294 Å². The Morgan fingerprint density at radius 2 is 0.773 bits per heavy atom. The van der Waals surface area contributed by atoms with Crippen LogP contribution in [0.3, 0.4) is 0 Å². The molecule has 0 spiro atoms. The highest BCUT2D eigenvalue weighted by molar-refractivity contribution is 9.10. The Morgan fingerprint density at radius 1 is 0.420 bits per heavy atom. The van der Waals surface area contributed by atoms with Crippen LogP contribution in [0.4, 0.5) is 14.4 Å². The van der Waals surface area contributed by atoms with Crippen LogP contribution in [0.1, 0.15) is 301 Å². The lowest BCUT2D eigenvalue weighted by Crippen LogP contribution is -2.52. The lowest BCUT2D eigenvalue weighted by Gasteiger charge is -2.33. The number of benzene rings is 5. The minimum Gasteiger partial charge on any atom is -0.465 e. The fraction of sp³-hybridized carbons (Fsp3) is 0.514. The first-order valence-electron chi connectivity index (χ1n) is 50.4. The molecule has 0 radical (unpaired) electrons. The third-order valence-electron chi connectivity index (χ3n) is 28.1. The molecule has 19 rings (SSSR count). The molecule has 14 heterocycles. The van der Waals surface area contributed by atoms with Crippen LogP contribution in [0, 0.1) is 0 Å². The summed E-state index contributed by atoms with van der Waals surface area (Å²) >= 11 is 10.0. The second kappa shape index (κ2) is 49.7. The summed E-state index contributed by atoms with van der Waals surface area (Å²) < 4.78 is 34.9. The Bertz CT molecular complexity index is 6140. The molecule has 806 valence electrons. The first kappa shape index (κ1) is 117. The van der Waals surface area contributed by atoms with E-state index in [1.54, 1.807) is 52.5 Å². The average Bonchev–Trinajstić information content (AvgIpc) is 1.63. The number of hydrogen-bond acceptors (Lipinski definition) is 26. The highest BCUT2D eigenvalue weighted by atomic mass is 79.9. The number of imide groups is 5. The van der Waals surface area contributed by atoms with Crippen LogP contribution >= 0.6 is 60.2 Å². The average molecular weight is 2290 g/mol. The van der Waals surface area contributed by atoms with Crippen LogP contribution < -0.4 is 37.6 Å². The van der Waals surface area contributed by atoms with Gasteiger partial charge in [-0.05, 0) is 302 Å². The molecule has 8 saturated heterocycles. The van der Waals surface area contributed by atoms with Gasteiger partial charge in [-0.1, -0.05) is 90.3 Å². The lowest BCUT2D eigenvalue weighted by atomic mass is 9.75. The molecule has 5 aromatic carbocycles. The second-order valence-corrected chi connectivity index (χ2v) is 45.2. The number of hydrogen-bond donors (Lipinski definition) is 7. The second-order valence-electron chi connectivity index (χ2n) is 42.8. The van der Waals surface area contributed by atoms with Crippen molar-refractivity contribution in [1.82, 2.24) is 66.2 Å². The van der Waals surface area contributed by atoms with Crippen molar-refractivity contribution in [1.29, 1.82) is 0 Å². The maximum absolute atomic E-state index is 12.8. The number of ether oxygens (including phenoxy) is 4. The van der Waals surface area contributed by atoms with Crippen molar-refractivity contribution in [2.75, 3.05) is 59.5 Å². The SMILES string of the molecule is CC(C)(C)OC(=O)N1CC=C(B2OC(C)(C)C(C)(C)O2)CC1.CC(C)(C)OC(=O)N1CC=C(c2ccc3c(c2)CN(C2CCC(=O)NC2=O)C3=O)CC1.CC(C)(C)OC(=O)N1CCC(c2ccc3c(c2)CN(C2CCC(=O)NC2=O)C3=O)CC1.COC(=O)c1ccc(Br)cc1CBr.Cl.NC1CCC(=O)NC1=O.O=C1CCC(N2Cc3cc(Br)ccc3C2=O)C(=O)N1.O=C1CCC(N2Cc3cc(C4CCNCC4)ccc3C2=O)C(=O)N1. The van der Waals surface area contributed by atoms with E-state index in [1.807, 2.05) is 157 Å². The van der Waals surface area contributed by atoms with Crippen LogP contribution in [0.25, 0.3) is 5.57 Å². The van der Waals surface area contributed by atoms with Crippen LogP contribution in [-0.4, -0.2) is 266 Å². The fourth-order valence-corrected chi connectivity index (χ4v) is 20.7. The molecule has 0 aromatic heterocycles. The van der Waals surface area contributed by atoms with E-state index in [0.29, 0.717) is 155 Å². The summed E-state index contributed by atoms with van der Waals surface area (Å²) in [5, 5.41) is 15.4. The number of methoxy groups -OCH3 is 1. The molecule has 14 aliphatic rings. The number of esters is 1. The van der Waals surface area contributed by atoms with Crippen molar-refractivity contribution in [3.63, 3.8) is 0 Å². The van der Waals surface area contributed by atoms with E-state index in [1.165, 1.54) is 12.7 Å². The Morgan fingerprint density at radius 3 is 1.14 bits per heavy atom. The van der Waals surface area contributed by atoms with Gasteiger partial charge in [0.15, 0.2) is 0 Å². The smallest absolute Gasteiger partial charge is 0.465 e. The van der Waals surface area contributed by atoms with E-state index in [2.05, 4.69) is 103 Å². The van der Waals surface area contributed by atoms with Crippen molar-refractivity contribution in [3.05, 3.63) is 190 Å². The predicted octanol–water partition coefficient (Wildman–Crippen LogP) is 12.6. The lowest BCUT2D eigenvalue weighted by molar-refractivity contribution is -0.138. The molecule has 14 aliphatic heterocycles. The minimum atomic E-state index is -0.614. The van der Waals surface area contributed by atoms with E-state index in [0.717, 1.165) is 104 Å². The molecule has 8 fully saturated rings. The topological polar surface area (TPSA) is 484 Å². The molecule has 5 atom stereocenters. The summed E-state index contributed by atoms with van der Waals surface area (Å²) in [6.07, 6.45) is 11.9. The first-order valence-corrected chi connectivity index (χ1v) is 53.1. The van der Waals surface area contributed by atoms with Gasteiger partial charge in [-0.15, -0.1) is 12.4 Å². The summed E-state index contributed by atoms with van der Waals surface area (Å²) in [5.74, 6) is -3.25.